The number of aliphatic carboxylic acids is 1. The van der Waals surface area contributed by atoms with E-state index in [1.54, 1.807) is 0 Å². The highest BCUT2D eigenvalue weighted by atomic mass is 16.5. The molecule has 1 aliphatic carbocycles. The van der Waals surface area contributed by atoms with Gasteiger partial charge in [-0.25, -0.2) is 4.79 Å². The lowest BCUT2D eigenvalue weighted by Gasteiger charge is -2.19. The molecule has 0 saturated carbocycles. The van der Waals surface area contributed by atoms with Crippen LogP contribution in [0.3, 0.4) is 0 Å². The fraction of sp³-hybridized carbons (Fsp3) is 0.423. The van der Waals surface area contributed by atoms with Crippen molar-refractivity contribution in [2.75, 3.05) is 33.4 Å². The summed E-state index contributed by atoms with van der Waals surface area (Å²) in [6, 6.07) is 16.3. The van der Waals surface area contributed by atoms with Crippen LogP contribution in [0.25, 0.3) is 11.1 Å². The van der Waals surface area contributed by atoms with Crippen LogP contribution >= 0.6 is 0 Å². The Morgan fingerprint density at radius 2 is 1.68 bits per heavy atom. The molecule has 3 unspecified atom stereocenters. The number of hydrogen-bond acceptors (Lipinski definition) is 5. The summed E-state index contributed by atoms with van der Waals surface area (Å²) in [7, 11) is 1.45. The van der Waals surface area contributed by atoms with Gasteiger partial charge in [0.15, 0.2) is 0 Å². The van der Waals surface area contributed by atoms with Crippen LogP contribution in [0.1, 0.15) is 30.4 Å². The highest BCUT2D eigenvalue weighted by Gasteiger charge is 2.40. The zero-order valence-corrected chi connectivity index (χ0v) is 19.4. The van der Waals surface area contributed by atoms with Gasteiger partial charge in [-0.2, -0.15) is 0 Å². The SMILES string of the molecule is COC1CN(C(=O)CC(C)CNC(=O)OCC2c3ccccc3-c3ccccc32)CC1C(=O)O. The second kappa shape index (κ2) is 10.3. The first-order valence-electron chi connectivity index (χ1n) is 11.5. The number of carbonyl (C=O) groups excluding carboxylic acids is 2. The van der Waals surface area contributed by atoms with E-state index in [-0.39, 0.29) is 50.4 Å². The van der Waals surface area contributed by atoms with Crippen LogP contribution in [0.15, 0.2) is 48.5 Å². The summed E-state index contributed by atoms with van der Waals surface area (Å²) in [6.07, 6.45) is -0.824. The molecule has 1 aliphatic heterocycles. The van der Waals surface area contributed by atoms with E-state index >= 15 is 0 Å². The lowest BCUT2D eigenvalue weighted by atomic mass is 9.98. The molecule has 8 heteroatoms. The second-order valence-corrected chi connectivity index (χ2v) is 9.03. The molecule has 1 fully saturated rings. The molecule has 1 saturated heterocycles. The van der Waals surface area contributed by atoms with E-state index < -0.39 is 24.1 Å². The van der Waals surface area contributed by atoms with Crippen LogP contribution in [-0.2, 0) is 19.1 Å². The predicted molar refractivity (Wildman–Crippen MR) is 125 cm³/mol. The summed E-state index contributed by atoms with van der Waals surface area (Å²) in [5, 5.41) is 12.0. The van der Waals surface area contributed by atoms with Gasteiger partial charge in [0.2, 0.25) is 5.91 Å². The number of methoxy groups -OCH3 is 1. The number of rotatable bonds is 8. The molecule has 4 rings (SSSR count). The Hall–Kier alpha value is -3.39. The molecule has 180 valence electrons. The first-order chi connectivity index (χ1) is 16.4. The molecule has 2 N–H and O–H groups in total. The number of benzene rings is 2. The van der Waals surface area contributed by atoms with Crippen molar-refractivity contribution in [3.63, 3.8) is 0 Å². The fourth-order valence-electron chi connectivity index (χ4n) is 4.86. The van der Waals surface area contributed by atoms with Crippen molar-refractivity contribution in [2.24, 2.45) is 11.8 Å². The number of alkyl carbamates (subject to hydrolysis) is 1. The molecular weight excluding hydrogens is 436 g/mol. The number of ether oxygens (including phenoxy) is 2. The summed E-state index contributed by atoms with van der Waals surface area (Å²) in [5.41, 5.74) is 4.63. The smallest absolute Gasteiger partial charge is 0.407 e. The van der Waals surface area contributed by atoms with Gasteiger partial charge in [0, 0.05) is 39.1 Å². The highest BCUT2D eigenvalue weighted by Crippen LogP contribution is 2.44. The molecule has 8 nitrogen and oxygen atoms in total. The van der Waals surface area contributed by atoms with Gasteiger partial charge >= 0.3 is 12.1 Å². The number of fused-ring (bicyclic) bond motifs is 3. The first-order valence-corrected chi connectivity index (χ1v) is 11.5. The van der Waals surface area contributed by atoms with Gasteiger partial charge < -0.3 is 24.8 Å². The quantitative estimate of drug-likeness (QED) is 0.619. The van der Waals surface area contributed by atoms with Crippen molar-refractivity contribution in [1.29, 1.82) is 0 Å². The van der Waals surface area contributed by atoms with Gasteiger partial charge in [0.25, 0.3) is 0 Å². The molecule has 2 aliphatic rings. The number of amides is 2. The lowest BCUT2D eigenvalue weighted by Crippen LogP contribution is -2.35. The standard InChI is InChI=1S/C26H30N2O6/c1-16(11-24(29)28-13-21(25(30)31)23(14-28)33-2)12-27-26(32)34-15-22-19-9-5-3-7-17(19)18-8-4-6-10-20(18)22/h3-10,16,21-23H,11-15H2,1-2H3,(H,27,32)(H,30,31). The van der Waals surface area contributed by atoms with Crippen molar-refractivity contribution < 1.29 is 29.0 Å². The van der Waals surface area contributed by atoms with Crippen LogP contribution < -0.4 is 5.32 Å². The van der Waals surface area contributed by atoms with Crippen LogP contribution in [0.4, 0.5) is 4.79 Å². The third-order valence-corrected chi connectivity index (χ3v) is 6.70. The zero-order valence-electron chi connectivity index (χ0n) is 19.4. The van der Waals surface area contributed by atoms with Crippen molar-refractivity contribution in [3.05, 3.63) is 59.7 Å². The van der Waals surface area contributed by atoms with Crippen LogP contribution in [0.5, 0.6) is 0 Å². The Bertz CT molecular complexity index is 1030. The number of carboxylic acid groups (broad SMARTS) is 1. The second-order valence-electron chi connectivity index (χ2n) is 9.03. The van der Waals surface area contributed by atoms with E-state index in [0.717, 1.165) is 11.1 Å². The summed E-state index contributed by atoms with van der Waals surface area (Å²) in [5.74, 6) is -1.97. The van der Waals surface area contributed by atoms with Gasteiger partial charge in [0.05, 0.1) is 6.10 Å². The number of hydrogen-bond donors (Lipinski definition) is 2. The van der Waals surface area contributed by atoms with E-state index in [9.17, 15) is 19.5 Å². The third-order valence-electron chi connectivity index (χ3n) is 6.70. The summed E-state index contributed by atoms with van der Waals surface area (Å²) >= 11 is 0. The van der Waals surface area contributed by atoms with Gasteiger partial charge in [-0.3, -0.25) is 9.59 Å². The fourth-order valence-corrected chi connectivity index (χ4v) is 4.86. The van der Waals surface area contributed by atoms with Gasteiger partial charge in [0.1, 0.15) is 12.5 Å². The van der Waals surface area contributed by atoms with Crippen LogP contribution in [0.2, 0.25) is 0 Å². The van der Waals surface area contributed by atoms with Crippen LogP contribution in [-0.4, -0.2) is 67.4 Å². The molecule has 2 aromatic carbocycles. The summed E-state index contributed by atoms with van der Waals surface area (Å²) < 4.78 is 10.8. The molecule has 3 atom stereocenters. The zero-order chi connectivity index (χ0) is 24.2. The predicted octanol–water partition coefficient (Wildman–Crippen LogP) is 3.11. The Kier molecular flexibility index (Phi) is 7.17. The largest absolute Gasteiger partial charge is 0.481 e. The molecule has 2 aromatic rings. The van der Waals surface area contributed by atoms with Gasteiger partial charge in [-0.15, -0.1) is 0 Å². The average molecular weight is 467 g/mol. The number of carboxylic acids is 1. The lowest BCUT2D eigenvalue weighted by molar-refractivity contribution is -0.144. The monoisotopic (exact) mass is 466 g/mol. The van der Waals surface area contributed by atoms with Crippen LogP contribution in [0, 0.1) is 11.8 Å². The Morgan fingerprint density at radius 3 is 2.24 bits per heavy atom. The Morgan fingerprint density at radius 1 is 1.06 bits per heavy atom. The van der Waals surface area contributed by atoms with E-state index in [2.05, 4.69) is 29.6 Å². The highest BCUT2D eigenvalue weighted by molar-refractivity contribution is 5.80. The minimum Gasteiger partial charge on any atom is -0.481 e. The molecule has 0 aromatic heterocycles. The number of nitrogens with one attached hydrogen (secondary N) is 1. The third kappa shape index (κ3) is 4.92. The number of likely N-dealkylation sites (tertiary alicyclic amines) is 1. The molecule has 0 radical (unpaired) electrons. The van der Waals surface area contributed by atoms with Crippen molar-refractivity contribution >= 4 is 18.0 Å². The Balaban J connectivity index is 1.25. The summed E-state index contributed by atoms with van der Waals surface area (Å²) in [4.78, 5) is 37.8. The summed E-state index contributed by atoms with van der Waals surface area (Å²) in [6.45, 7) is 2.78. The average Bonchev–Trinajstić information content (AvgIpc) is 3.41. The van der Waals surface area contributed by atoms with Crippen molar-refractivity contribution in [3.8, 4) is 11.1 Å². The van der Waals surface area contributed by atoms with E-state index in [1.165, 1.54) is 23.1 Å². The maximum atomic E-state index is 12.6. The maximum absolute atomic E-state index is 12.6. The molecule has 0 spiro atoms. The van der Waals surface area contributed by atoms with Crippen molar-refractivity contribution in [1.82, 2.24) is 10.2 Å². The molecule has 2 amide bonds. The van der Waals surface area contributed by atoms with E-state index in [4.69, 9.17) is 9.47 Å². The number of nitrogens with zero attached hydrogens (tertiary/aromatic N) is 1. The van der Waals surface area contributed by atoms with E-state index in [0.29, 0.717) is 0 Å². The first kappa shape index (κ1) is 23.8. The minimum atomic E-state index is -0.966. The van der Waals surface area contributed by atoms with Crippen molar-refractivity contribution in [2.45, 2.75) is 25.4 Å². The minimum absolute atomic E-state index is 0.0109. The molecular formula is C26H30N2O6. The van der Waals surface area contributed by atoms with E-state index in [1.807, 2.05) is 31.2 Å². The maximum Gasteiger partial charge on any atom is 0.407 e. The molecule has 0 bridgehead atoms. The van der Waals surface area contributed by atoms with Gasteiger partial charge in [-0.1, -0.05) is 55.5 Å². The van der Waals surface area contributed by atoms with Gasteiger partial charge in [-0.05, 0) is 28.2 Å². The molecule has 34 heavy (non-hydrogen) atoms. The molecule has 1 heterocycles. The number of carbonyl (C=O) groups is 3. The Labute approximate surface area is 198 Å². The normalized spacial score (nSPS) is 19.9. The topological polar surface area (TPSA) is 105 Å².